The van der Waals surface area contributed by atoms with Crippen LogP contribution >= 0.6 is 15.9 Å². The zero-order valence-electron chi connectivity index (χ0n) is 10.8. The zero-order chi connectivity index (χ0) is 14.4. The third-order valence-electron chi connectivity index (χ3n) is 2.60. The fourth-order valence-corrected chi connectivity index (χ4v) is 1.74. The lowest BCUT2D eigenvalue weighted by atomic mass is 10.1. The molecule has 1 aromatic carbocycles. The van der Waals surface area contributed by atoms with Gasteiger partial charge in [-0.1, -0.05) is 29.8 Å². The van der Waals surface area contributed by atoms with E-state index in [1.165, 1.54) is 12.1 Å². The number of hydrogen-bond acceptors (Lipinski definition) is 3. The first-order valence-corrected chi connectivity index (χ1v) is 6.71. The molecular formula is C13H17BrFNO3. The largest absolute Gasteiger partial charge is 0.481 e. The van der Waals surface area contributed by atoms with E-state index in [0.717, 1.165) is 0 Å². The molecule has 1 rings (SSSR count). The van der Waals surface area contributed by atoms with Gasteiger partial charge in [-0.15, -0.1) is 0 Å². The van der Waals surface area contributed by atoms with Gasteiger partial charge < -0.3 is 15.2 Å². The van der Waals surface area contributed by atoms with Gasteiger partial charge in [0, 0.05) is 4.47 Å². The molecule has 106 valence electrons. The van der Waals surface area contributed by atoms with Gasteiger partial charge in [0.1, 0.15) is 0 Å². The summed E-state index contributed by atoms with van der Waals surface area (Å²) in [6.07, 6.45) is 0. The Morgan fingerprint density at radius 3 is 2.74 bits per heavy atom. The van der Waals surface area contributed by atoms with E-state index < -0.39 is 11.7 Å². The van der Waals surface area contributed by atoms with Crippen LogP contribution in [0.5, 0.6) is 5.75 Å². The number of aliphatic hydroxyl groups is 1. The molecule has 6 heteroatoms. The molecule has 2 N–H and O–H groups in total. The maximum Gasteiger partial charge on any atom is 0.258 e. The SMILES string of the molecule is CC(C)C(CO)NC(=O)COc1ccc(Br)cc1F. The molecule has 0 saturated carbocycles. The van der Waals surface area contributed by atoms with Crippen LogP contribution < -0.4 is 10.1 Å². The Balaban J connectivity index is 2.50. The Morgan fingerprint density at radius 1 is 1.53 bits per heavy atom. The summed E-state index contributed by atoms with van der Waals surface area (Å²) >= 11 is 3.13. The van der Waals surface area contributed by atoms with Gasteiger partial charge in [0.15, 0.2) is 18.2 Å². The minimum atomic E-state index is -0.537. The second kappa shape index (κ2) is 7.45. The number of ether oxygens (including phenoxy) is 1. The number of amides is 1. The molecule has 0 spiro atoms. The van der Waals surface area contributed by atoms with Gasteiger partial charge in [0.05, 0.1) is 12.6 Å². The number of carbonyl (C=O) groups is 1. The number of rotatable bonds is 6. The monoisotopic (exact) mass is 333 g/mol. The molecule has 1 amide bonds. The summed E-state index contributed by atoms with van der Waals surface area (Å²) in [5, 5.41) is 11.7. The average Bonchev–Trinajstić information content (AvgIpc) is 2.34. The minimum absolute atomic E-state index is 0.0171. The Morgan fingerprint density at radius 2 is 2.21 bits per heavy atom. The second-order valence-corrected chi connectivity index (χ2v) is 5.38. The van der Waals surface area contributed by atoms with E-state index >= 15 is 0 Å². The molecule has 1 aromatic rings. The quantitative estimate of drug-likeness (QED) is 0.838. The molecule has 0 aromatic heterocycles. The summed E-state index contributed by atoms with van der Waals surface area (Å²) in [7, 11) is 0. The van der Waals surface area contributed by atoms with Gasteiger partial charge >= 0.3 is 0 Å². The minimum Gasteiger partial charge on any atom is -0.481 e. The molecule has 0 radical (unpaired) electrons. The van der Waals surface area contributed by atoms with Crippen LogP contribution in [0.2, 0.25) is 0 Å². The van der Waals surface area contributed by atoms with E-state index in [-0.39, 0.29) is 30.9 Å². The smallest absolute Gasteiger partial charge is 0.258 e. The zero-order valence-corrected chi connectivity index (χ0v) is 12.4. The summed E-state index contributed by atoms with van der Waals surface area (Å²) in [6.45, 7) is 3.34. The van der Waals surface area contributed by atoms with Gasteiger partial charge in [0.2, 0.25) is 0 Å². The molecule has 0 aliphatic heterocycles. The third kappa shape index (κ3) is 5.16. The topological polar surface area (TPSA) is 58.6 Å². The molecule has 0 bridgehead atoms. The number of nitrogens with one attached hydrogen (secondary N) is 1. The van der Waals surface area contributed by atoms with E-state index in [9.17, 15) is 9.18 Å². The predicted molar refractivity (Wildman–Crippen MR) is 73.4 cm³/mol. The van der Waals surface area contributed by atoms with E-state index in [4.69, 9.17) is 9.84 Å². The van der Waals surface area contributed by atoms with Crippen LogP contribution in [-0.4, -0.2) is 30.3 Å². The van der Waals surface area contributed by atoms with Gasteiger partial charge in [-0.2, -0.15) is 0 Å². The van der Waals surface area contributed by atoms with Crippen molar-refractivity contribution in [2.75, 3.05) is 13.2 Å². The van der Waals surface area contributed by atoms with Crippen LogP contribution in [0.15, 0.2) is 22.7 Å². The number of aliphatic hydroxyl groups excluding tert-OH is 1. The van der Waals surface area contributed by atoms with Gasteiger partial charge in [0.25, 0.3) is 5.91 Å². The molecule has 0 aliphatic carbocycles. The van der Waals surface area contributed by atoms with Crippen LogP contribution in [0.3, 0.4) is 0 Å². The molecule has 4 nitrogen and oxygen atoms in total. The van der Waals surface area contributed by atoms with Crippen LogP contribution in [-0.2, 0) is 4.79 Å². The van der Waals surface area contributed by atoms with Crippen molar-refractivity contribution < 1.29 is 19.0 Å². The van der Waals surface area contributed by atoms with Crippen LogP contribution in [0.4, 0.5) is 4.39 Å². The van der Waals surface area contributed by atoms with E-state index in [2.05, 4.69) is 21.2 Å². The Labute approximate surface area is 120 Å². The standard InChI is InChI=1S/C13H17BrFNO3/c1-8(2)11(6-17)16-13(18)7-19-12-4-3-9(14)5-10(12)15/h3-5,8,11,17H,6-7H2,1-2H3,(H,16,18). The highest BCUT2D eigenvalue weighted by Gasteiger charge is 2.15. The van der Waals surface area contributed by atoms with Crippen molar-refractivity contribution in [3.05, 3.63) is 28.5 Å². The van der Waals surface area contributed by atoms with Crippen molar-refractivity contribution in [2.45, 2.75) is 19.9 Å². The summed E-state index contributed by atoms with van der Waals surface area (Å²) in [5.41, 5.74) is 0. The van der Waals surface area contributed by atoms with Crippen molar-refractivity contribution in [1.29, 1.82) is 0 Å². The van der Waals surface area contributed by atoms with Crippen molar-refractivity contribution in [2.24, 2.45) is 5.92 Å². The molecule has 1 atom stereocenters. The lowest BCUT2D eigenvalue weighted by Crippen LogP contribution is -2.43. The third-order valence-corrected chi connectivity index (χ3v) is 3.09. The number of halogens is 2. The highest BCUT2D eigenvalue weighted by Crippen LogP contribution is 2.21. The highest BCUT2D eigenvalue weighted by atomic mass is 79.9. The Bertz CT molecular complexity index is 440. The highest BCUT2D eigenvalue weighted by molar-refractivity contribution is 9.10. The van der Waals surface area contributed by atoms with Gasteiger partial charge in [-0.05, 0) is 24.1 Å². The number of hydrogen-bond donors (Lipinski definition) is 2. The van der Waals surface area contributed by atoms with E-state index in [1.54, 1.807) is 6.07 Å². The van der Waals surface area contributed by atoms with Gasteiger partial charge in [-0.25, -0.2) is 4.39 Å². The average molecular weight is 334 g/mol. The first-order valence-electron chi connectivity index (χ1n) is 5.92. The molecule has 1 unspecified atom stereocenters. The van der Waals surface area contributed by atoms with Crippen LogP contribution in [0.25, 0.3) is 0 Å². The predicted octanol–water partition coefficient (Wildman–Crippen LogP) is 2.10. The van der Waals surface area contributed by atoms with Crippen molar-refractivity contribution in [3.63, 3.8) is 0 Å². The Kier molecular flexibility index (Phi) is 6.24. The molecule has 0 saturated heterocycles. The fraction of sp³-hybridized carbons (Fsp3) is 0.462. The summed E-state index contributed by atoms with van der Waals surface area (Å²) in [6, 6.07) is 4.00. The molecule has 0 heterocycles. The number of benzene rings is 1. The summed E-state index contributed by atoms with van der Waals surface area (Å²) in [5.74, 6) is -0.804. The maximum atomic E-state index is 13.4. The second-order valence-electron chi connectivity index (χ2n) is 4.46. The first kappa shape index (κ1) is 15.9. The lowest BCUT2D eigenvalue weighted by Gasteiger charge is -2.19. The number of carbonyl (C=O) groups excluding carboxylic acids is 1. The molecular weight excluding hydrogens is 317 g/mol. The summed E-state index contributed by atoms with van der Waals surface area (Å²) < 4.78 is 19.1. The molecule has 0 fully saturated rings. The maximum absolute atomic E-state index is 13.4. The van der Waals surface area contributed by atoms with Crippen molar-refractivity contribution >= 4 is 21.8 Å². The molecule has 19 heavy (non-hydrogen) atoms. The molecule has 0 aliphatic rings. The van der Waals surface area contributed by atoms with E-state index in [0.29, 0.717) is 4.47 Å². The van der Waals surface area contributed by atoms with Gasteiger partial charge in [-0.3, -0.25) is 4.79 Å². The van der Waals surface area contributed by atoms with Crippen molar-refractivity contribution in [1.82, 2.24) is 5.32 Å². The lowest BCUT2D eigenvalue weighted by molar-refractivity contribution is -0.124. The fourth-order valence-electron chi connectivity index (χ4n) is 1.41. The normalized spacial score (nSPS) is 12.3. The Hall–Kier alpha value is -1.14. The van der Waals surface area contributed by atoms with E-state index in [1.807, 2.05) is 13.8 Å². The van der Waals surface area contributed by atoms with Crippen LogP contribution in [0, 0.1) is 11.7 Å². The van der Waals surface area contributed by atoms with Crippen LogP contribution in [0.1, 0.15) is 13.8 Å². The van der Waals surface area contributed by atoms with Crippen molar-refractivity contribution in [3.8, 4) is 5.75 Å². The summed E-state index contributed by atoms with van der Waals surface area (Å²) in [4.78, 5) is 11.6. The first-order chi connectivity index (χ1) is 8.93.